The molecule has 21 heavy (non-hydrogen) atoms. The van der Waals surface area contributed by atoms with Crippen LogP contribution in [0.4, 0.5) is 4.39 Å². The lowest BCUT2D eigenvalue weighted by Crippen LogP contribution is -2.25. The second-order valence-corrected chi connectivity index (χ2v) is 5.66. The second-order valence-electron chi connectivity index (χ2n) is 5.66. The van der Waals surface area contributed by atoms with Crippen molar-refractivity contribution in [3.63, 3.8) is 0 Å². The monoisotopic (exact) mass is 285 g/mol. The molecule has 1 N–H and O–H groups in total. The fourth-order valence-corrected chi connectivity index (χ4v) is 2.61. The smallest absolute Gasteiger partial charge is 0.127 e. The summed E-state index contributed by atoms with van der Waals surface area (Å²) in [6, 6.07) is 13.6. The van der Waals surface area contributed by atoms with Crippen molar-refractivity contribution >= 4 is 0 Å². The van der Waals surface area contributed by atoms with Crippen molar-refractivity contribution in [3.05, 3.63) is 70.5 Å². The van der Waals surface area contributed by atoms with E-state index >= 15 is 0 Å². The first-order chi connectivity index (χ1) is 10.1. The number of benzene rings is 2. The summed E-state index contributed by atoms with van der Waals surface area (Å²) in [6.45, 7) is 7.24. The molecule has 0 saturated carbocycles. The lowest BCUT2D eigenvalue weighted by Gasteiger charge is -2.21. The molecule has 0 radical (unpaired) electrons. The van der Waals surface area contributed by atoms with Crippen LogP contribution in [0.25, 0.3) is 0 Å². The van der Waals surface area contributed by atoms with E-state index in [4.69, 9.17) is 0 Å². The molecule has 1 unspecified atom stereocenters. The van der Waals surface area contributed by atoms with Crippen LogP contribution in [0.15, 0.2) is 42.5 Å². The van der Waals surface area contributed by atoms with Gasteiger partial charge in [0.05, 0.1) is 0 Å². The van der Waals surface area contributed by atoms with Gasteiger partial charge in [0.2, 0.25) is 0 Å². The van der Waals surface area contributed by atoms with Crippen LogP contribution in [0.1, 0.15) is 41.6 Å². The van der Waals surface area contributed by atoms with Gasteiger partial charge in [0, 0.05) is 11.6 Å². The van der Waals surface area contributed by atoms with E-state index in [1.807, 2.05) is 12.1 Å². The number of aryl methyl sites for hydroxylation is 2. The quantitative estimate of drug-likeness (QED) is 0.809. The highest BCUT2D eigenvalue weighted by Crippen LogP contribution is 2.23. The number of halogens is 1. The molecule has 2 aromatic rings. The van der Waals surface area contributed by atoms with Crippen molar-refractivity contribution in [2.75, 3.05) is 6.54 Å². The Morgan fingerprint density at radius 1 is 1.10 bits per heavy atom. The van der Waals surface area contributed by atoms with Gasteiger partial charge in [-0.3, -0.25) is 0 Å². The summed E-state index contributed by atoms with van der Waals surface area (Å²) in [5.74, 6) is -0.128. The second kappa shape index (κ2) is 7.37. The third-order valence-electron chi connectivity index (χ3n) is 3.85. The third kappa shape index (κ3) is 4.15. The lowest BCUT2D eigenvalue weighted by molar-refractivity contribution is 0.496. The summed E-state index contributed by atoms with van der Waals surface area (Å²) < 4.78 is 14.1. The summed E-state index contributed by atoms with van der Waals surface area (Å²) in [5.41, 5.74) is 4.55. The maximum atomic E-state index is 14.1. The SMILES string of the molecule is CCCNC(Cc1cc(C)ccc1C)c1ccccc1F. The topological polar surface area (TPSA) is 12.0 Å². The fourth-order valence-electron chi connectivity index (χ4n) is 2.61. The van der Waals surface area contributed by atoms with Crippen molar-refractivity contribution in [2.45, 2.75) is 39.7 Å². The average molecular weight is 285 g/mol. The van der Waals surface area contributed by atoms with Crippen molar-refractivity contribution in [1.82, 2.24) is 5.32 Å². The van der Waals surface area contributed by atoms with E-state index in [0.29, 0.717) is 0 Å². The van der Waals surface area contributed by atoms with E-state index in [9.17, 15) is 4.39 Å². The first kappa shape index (κ1) is 15.7. The standard InChI is InChI=1S/C19H24FN/c1-4-11-21-19(17-7-5-6-8-18(17)20)13-16-12-14(2)9-10-15(16)3/h5-10,12,19,21H,4,11,13H2,1-3H3. The number of hydrogen-bond acceptors (Lipinski definition) is 1. The Balaban J connectivity index is 2.28. The minimum Gasteiger partial charge on any atom is -0.310 e. The molecule has 0 amide bonds. The molecular formula is C19H24FN. The van der Waals surface area contributed by atoms with Crippen LogP contribution >= 0.6 is 0 Å². The molecule has 0 aliphatic rings. The van der Waals surface area contributed by atoms with Gasteiger partial charge >= 0.3 is 0 Å². The van der Waals surface area contributed by atoms with Crippen LogP contribution in [0.3, 0.4) is 0 Å². The Morgan fingerprint density at radius 3 is 2.57 bits per heavy atom. The molecule has 0 bridgehead atoms. The molecule has 0 saturated heterocycles. The molecule has 0 fully saturated rings. The number of nitrogens with one attached hydrogen (secondary N) is 1. The average Bonchev–Trinajstić information content (AvgIpc) is 2.48. The zero-order valence-corrected chi connectivity index (χ0v) is 13.1. The maximum Gasteiger partial charge on any atom is 0.127 e. The summed E-state index contributed by atoms with van der Waals surface area (Å²) in [4.78, 5) is 0. The Morgan fingerprint density at radius 2 is 1.86 bits per heavy atom. The zero-order valence-electron chi connectivity index (χ0n) is 13.1. The predicted molar refractivity (Wildman–Crippen MR) is 87.1 cm³/mol. The van der Waals surface area contributed by atoms with Gasteiger partial charge < -0.3 is 5.32 Å². The van der Waals surface area contributed by atoms with Gasteiger partial charge in [0.1, 0.15) is 5.82 Å². The van der Waals surface area contributed by atoms with Gasteiger partial charge in [-0.05, 0) is 50.4 Å². The maximum absolute atomic E-state index is 14.1. The highest BCUT2D eigenvalue weighted by atomic mass is 19.1. The van der Waals surface area contributed by atoms with E-state index in [1.54, 1.807) is 12.1 Å². The van der Waals surface area contributed by atoms with Crippen molar-refractivity contribution < 1.29 is 4.39 Å². The minimum atomic E-state index is -0.128. The predicted octanol–water partition coefficient (Wildman–Crippen LogP) is 4.73. The van der Waals surface area contributed by atoms with Gasteiger partial charge in [-0.1, -0.05) is 48.9 Å². The summed E-state index contributed by atoms with van der Waals surface area (Å²) in [5, 5.41) is 3.48. The van der Waals surface area contributed by atoms with Crippen LogP contribution < -0.4 is 5.32 Å². The molecule has 0 aromatic heterocycles. The van der Waals surface area contributed by atoms with E-state index in [2.05, 4.69) is 44.3 Å². The van der Waals surface area contributed by atoms with Gasteiger partial charge in [0.15, 0.2) is 0 Å². The molecule has 0 aliphatic heterocycles. The highest BCUT2D eigenvalue weighted by molar-refractivity contribution is 5.33. The molecule has 1 nitrogen and oxygen atoms in total. The Bertz CT molecular complexity index is 592. The van der Waals surface area contributed by atoms with Crippen molar-refractivity contribution in [2.24, 2.45) is 0 Å². The Labute approximate surface area is 127 Å². The Hall–Kier alpha value is -1.67. The largest absolute Gasteiger partial charge is 0.310 e. The van der Waals surface area contributed by atoms with Gasteiger partial charge in [-0.25, -0.2) is 4.39 Å². The van der Waals surface area contributed by atoms with Gasteiger partial charge in [-0.15, -0.1) is 0 Å². The van der Waals surface area contributed by atoms with Gasteiger partial charge in [0.25, 0.3) is 0 Å². The highest BCUT2D eigenvalue weighted by Gasteiger charge is 2.16. The van der Waals surface area contributed by atoms with E-state index in [-0.39, 0.29) is 11.9 Å². The third-order valence-corrected chi connectivity index (χ3v) is 3.85. The molecular weight excluding hydrogens is 261 g/mol. The summed E-state index contributed by atoms with van der Waals surface area (Å²) in [7, 11) is 0. The number of rotatable bonds is 6. The molecule has 2 aromatic carbocycles. The molecule has 0 heterocycles. The zero-order chi connectivity index (χ0) is 15.2. The number of hydrogen-bond donors (Lipinski definition) is 1. The molecule has 112 valence electrons. The van der Waals surface area contributed by atoms with Crippen LogP contribution in [0, 0.1) is 19.7 Å². The molecule has 0 aliphatic carbocycles. The van der Waals surface area contributed by atoms with E-state index in [1.165, 1.54) is 16.7 Å². The lowest BCUT2D eigenvalue weighted by atomic mass is 9.94. The normalized spacial score (nSPS) is 12.4. The molecule has 0 spiro atoms. The molecule has 1 atom stereocenters. The van der Waals surface area contributed by atoms with Gasteiger partial charge in [-0.2, -0.15) is 0 Å². The first-order valence-corrected chi connectivity index (χ1v) is 7.65. The summed E-state index contributed by atoms with van der Waals surface area (Å²) >= 11 is 0. The first-order valence-electron chi connectivity index (χ1n) is 7.65. The van der Waals surface area contributed by atoms with Crippen molar-refractivity contribution in [1.29, 1.82) is 0 Å². The Kier molecular flexibility index (Phi) is 5.51. The van der Waals surface area contributed by atoms with Crippen LogP contribution in [-0.4, -0.2) is 6.54 Å². The molecule has 2 heteroatoms. The fraction of sp³-hybridized carbons (Fsp3) is 0.368. The minimum absolute atomic E-state index is 0.0200. The van der Waals surface area contributed by atoms with Crippen LogP contribution in [0.2, 0.25) is 0 Å². The van der Waals surface area contributed by atoms with E-state index < -0.39 is 0 Å². The van der Waals surface area contributed by atoms with Crippen LogP contribution in [-0.2, 0) is 6.42 Å². The molecule has 2 rings (SSSR count). The van der Waals surface area contributed by atoms with Crippen LogP contribution in [0.5, 0.6) is 0 Å². The van der Waals surface area contributed by atoms with Crippen molar-refractivity contribution in [3.8, 4) is 0 Å². The van der Waals surface area contributed by atoms with E-state index in [0.717, 1.165) is 24.9 Å². The summed E-state index contributed by atoms with van der Waals surface area (Å²) in [6.07, 6.45) is 1.85.